The number of nitrogens with zero attached hydrogens (tertiary/aromatic N) is 2. The molecule has 1 aromatic rings. The van der Waals surface area contributed by atoms with Crippen LogP contribution in [0.15, 0.2) is 24.3 Å². The highest BCUT2D eigenvalue weighted by Crippen LogP contribution is 2.30. The van der Waals surface area contributed by atoms with Crippen molar-refractivity contribution in [2.75, 3.05) is 31.1 Å². The Kier molecular flexibility index (Phi) is 3.57. The van der Waals surface area contributed by atoms with Crippen LogP contribution in [0.4, 0.5) is 18.9 Å². The fraction of sp³-hybridized carbons (Fsp3) is 0.500. The Morgan fingerprint density at radius 3 is 2.35 bits per heavy atom. The molecule has 1 aliphatic heterocycles. The van der Waals surface area contributed by atoms with E-state index in [1.807, 2.05) is 0 Å². The molecule has 1 aliphatic rings. The van der Waals surface area contributed by atoms with Crippen molar-refractivity contribution in [1.82, 2.24) is 5.32 Å². The van der Waals surface area contributed by atoms with E-state index >= 15 is 0 Å². The molecule has 2 rings (SSSR count). The normalized spacial score (nSPS) is 17.9. The number of hydrogen-bond acceptors (Lipinski definition) is 1. The van der Waals surface area contributed by atoms with E-state index < -0.39 is 11.7 Å². The predicted molar refractivity (Wildman–Crippen MR) is 60.1 cm³/mol. The number of anilines is 1. The lowest BCUT2D eigenvalue weighted by molar-refractivity contribution is -0.137. The molecule has 5 heteroatoms. The van der Waals surface area contributed by atoms with Crippen molar-refractivity contribution >= 4 is 5.69 Å². The lowest BCUT2D eigenvalue weighted by atomic mass is 10.2. The fourth-order valence-electron chi connectivity index (χ4n) is 1.91. The highest BCUT2D eigenvalue weighted by atomic mass is 19.4. The predicted octanol–water partition coefficient (Wildman–Crippen LogP) is 2.52. The largest absolute Gasteiger partial charge is 0.416 e. The molecule has 1 aromatic carbocycles. The van der Waals surface area contributed by atoms with Crippen molar-refractivity contribution in [3.8, 4) is 0 Å². The minimum Gasteiger partial charge on any atom is -0.370 e. The summed E-state index contributed by atoms with van der Waals surface area (Å²) >= 11 is 0. The van der Waals surface area contributed by atoms with Gasteiger partial charge >= 0.3 is 6.18 Å². The summed E-state index contributed by atoms with van der Waals surface area (Å²) in [5.74, 6) is 0. The maximum absolute atomic E-state index is 12.4. The summed E-state index contributed by atoms with van der Waals surface area (Å²) in [6.07, 6.45) is -3.30. The Bertz CT molecular complexity index is 351. The van der Waals surface area contributed by atoms with Crippen molar-refractivity contribution in [2.45, 2.75) is 12.6 Å². The maximum Gasteiger partial charge on any atom is 0.416 e. The van der Waals surface area contributed by atoms with Gasteiger partial charge in [0.05, 0.1) is 5.56 Å². The van der Waals surface area contributed by atoms with Gasteiger partial charge in [-0.25, -0.2) is 5.32 Å². The topological polar surface area (TPSA) is 17.3 Å². The van der Waals surface area contributed by atoms with Crippen LogP contribution in [-0.4, -0.2) is 26.2 Å². The Balaban J connectivity index is 2.11. The summed E-state index contributed by atoms with van der Waals surface area (Å²) in [7, 11) is 0. The van der Waals surface area contributed by atoms with Crippen LogP contribution in [-0.2, 0) is 6.18 Å². The van der Waals surface area contributed by atoms with Gasteiger partial charge in [-0.05, 0) is 30.7 Å². The molecular weight excluding hydrogens is 229 g/mol. The smallest absolute Gasteiger partial charge is 0.370 e. The van der Waals surface area contributed by atoms with E-state index in [1.165, 1.54) is 12.1 Å². The van der Waals surface area contributed by atoms with E-state index in [9.17, 15) is 13.2 Å². The third kappa shape index (κ3) is 3.12. The van der Waals surface area contributed by atoms with Crippen LogP contribution < -0.4 is 10.2 Å². The van der Waals surface area contributed by atoms with Gasteiger partial charge < -0.3 is 4.90 Å². The first-order chi connectivity index (χ1) is 8.07. The third-order valence-corrected chi connectivity index (χ3v) is 2.83. The van der Waals surface area contributed by atoms with E-state index in [4.69, 9.17) is 0 Å². The number of rotatable bonds is 1. The van der Waals surface area contributed by atoms with E-state index in [-0.39, 0.29) is 0 Å². The number of hydrogen-bond donors (Lipinski definition) is 0. The molecule has 0 aromatic heterocycles. The molecule has 1 radical (unpaired) electrons. The van der Waals surface area contributed by atoms with Gasteiger partial charge in [0, 0.05) is 31.9 Å². The summed E-state index contributed by atoms with van der Waals surface area (Å²) in [6.45, 7) is 3.23. The van der Waals surface area contributed by atoms with Crippen LogP contribution in [0.2, 0.25) is 0 Å². The summed E-state index contributed by atoms with van der Waals surface area (Å²) in [6, 6.07) is 5.34. The second-order valence-electron chi connectivity index (χ2n) is 4.06. The monoisotopic (exact) mass is 243 g/mol. The molecule has 1 fully saturated rings. The van der Waals surface area contributed by atoms with Gasteiger partial charge in [0.2, 0.25) is 0 Å². The summed E-state index contributed by atoms with van der Waals surface area (Å²) in [4.78, 5) is 2.08. The molecule has 0 bridgehead atoms. The average molecular weight is 243 g/mol. The molecular formula is C12H14F3N2. The molecule has 0 N–H and O–H groups in total. The first-order valence-electron chi connectivity index (χ1n) is 5.63. The van der Waals surface area contributed by atoms with Crippen LogP contribution >= 0.6 is 0 Å². The highest BCUT2D eigenvalue weighted by molar-refractivity contribution is 5.48. The van der Waals surface area contributed by atoms with Crippen molar-refractivity contribution in [3.05, 3.63) is 29.8 Å². The van der Waals surface area contributed by atoms with Crippen molar-refractivity contribution in [2.24, 2.45) is 0 Å². The molecule has 0 atom stereocenters. The zero-order valence-electron chi connectivity index (χ0n) is 9.37. The van der Waals surface area contributed by atoms with Gasteiger partial charge in [0.1, 0.15) is 0 Å². The summed E-state index contributed by atoms with van der Waals surface area (Å²) in [5, 5.41) is 4.28. The zero-order chi connectivity index (χ0) is 12.3. The van der Waals surface area contributed by atoms with Gasteiger partial charge in [-0.1, -0.05) is 0 Å². The quantitative estimate of drug-likeness (QED) is 0.741. The second kappa shape index (κ2) is 4.96. The van der Waals surface area contributed by atoms with Crippen LogP contribution in [0, 0.1) is 0 Å². The zero-order valence-corrected chi connectivity index (χ0v) is 9.37. The van der Waals surface area contributed by atoms with Gasteiger partial charge in [-0.2, -0.15) is 13.2 Å². The van der Waals surface area contributed by atoms with E-state index in [0.29, 0.717) is 0 Å². The van der Waals surface area contributed by atoms with E-state index in [2.05, 4.69) is 10.2 Å². The number of benzene rings is 1. The molecule has 93 valence electrons. The standard InChI is InChI=1S/C12H14F3N2/c13-12(14,15)10-2-4-11(5-3-10)17-8-1-6-16-7-9-17/h2-5H,1,6-9H2. The number of halogens is 3. The van der Waals surface area contributed by atoms with Crippen molar-refractivity contribution < 1.29 is 13.2 Å². The van der Waals surface area contributed by atoms with E-state index in [1.54, 1.807) is 0 Å². The van der Waals surface area contributed by atoms with Crippen LogP contribution in [0.25, 0.3) is 0 Å². The van der Waals surface area contributed by atoms with Gasteiger partial charge in [-0.3, -0.25) is 0 Å². The average Bonchev–Trinajstić information content (AvgIpc) is 2.56. The summed E-state index contributed by atoms with van der Waals surface area (Å²) in [5.41, 5.74) is 0.246. The first kappa shape index (κ1) is 12.2. The Labute approximate surface area is 98.4 Å². The van der Waals surface area contributed by atoms with Crippen LogP contribution in [0.3, 0.4) is 0 Å². The third-order valence-electron chi connectivity index (χ3n) is 2.83. The van der Waals surface area contributed by atoms with Gasteiger partial charge in [-0.15, -0.1) is 0 Å². The molecule has 0 unspecified atom stereocenters. The molecule has 2 nitrogen and oxygen atoms in total. The SMILES string of the molecule is FC(F)(F)c1ccc(N2CCC[N]CC2)cc1. The van der Waals surface area contributed by atoms with Crippen LogP contribution in [0.5, 0.6) is 0 Å². The Morgan fingerprint density at radius 2 is 1.71 bits per heavy atom. The Morgan fingerprint density at radius 1 is 1.00 bits per heavy atom. The molecule has 1 heterocycles. The molecule has 0 amide bonds. The molecule has 1 saturated heterocycles. The Hall–Kier alpha value is -1.23. The minimum atomic E-state index is -4.26. The van der Waals surface area contributed by atoms with E-state index in [0.717, 1.165) is 50.4 Å². The fourth-order valence-corrected chi connectivity index (χ4v) is 1.91. The van der Waals surface area contributed by atoms with Crippen molar-refractivity contribution in [1.29, 1.82) is 0 Å². The van der Waals surface area contributed by atoms with Crippen LogP contribution in [0.1, 0.15) is 12.0 Å². The van der Waals surface area contributed by atoms with Gasteiger partial charge in [0.15, 0.2) is 0 Å². The first-order valence-corrected chi connectivity index (χ1v) is 5.63. The lowest BCUT2D eigenvalue weighted by Gasteiger charge is -2.22. The maximum atomic E-state index is 12.4. The molecule has 17 heavy (non-hydrogen) atoms. The molecule has 0 spiro atoms. The minimum absolute atomic E-state index is 0.597. The van der Waals surface area contributed by atoms with Crippen molar-refractivity contribution in [3.63, 3.8) is 0 Å². The lowest BCUT2D eigenvalue weighted by Crippen LogP contribution is -2.26. The van der Waals surface area contributed by atoms with Gasteiger partial charge in [0.25, 0.3) is 0 Å². The number of alkyl halides is 3. The molecule has 0 saturated carbocycles. The molecule has 0 aliphatic carbocycles. The summed E-state index contributed by atoms with van der Waals surface area (Å²) < 4.78 is 37.2. The highest BCUT2D eigenvalue weighted by Gasteiger charge is 2.30. The second-order valence-corrected chi connectivity index (χ2v) is 4.06.